The van der Waals surface area contributed by atoms with Gasteiger partial charge in [-0.05, 0) is 35.7 Å². The number of hydrogen-bond acceptors (Lipinski definition) is 4. The van der Waals surface area contributed by atoms with Crippen molar-refractivity contribution in [2.45, 2.75) is 13.0 Å². The van der Waals surface area contributed by atoms with E-state index in [1.165, 1.54) is 6.07 Å². The van der Waals surface area contributed by atoms with Crippen LogP contribution in [0.15, 0.2) is 48.5 Å². The lowest BCUT2D eigenvalue weighted by Gasteiger charge is -2.29. The summed E-state index contributed by atoms with van der Waals surface area (Å²) in [6, 6.07) is 14.2. The molecule has 4 rings (SSSR count). The predicted octanol–water partition coefficient (Wildman–Crippen LogP) is 3.36. The first-order chi connectivity index (χ1) is 14.0. The third kappa shape index (κ3) is 4.22. The number of amides is 1. The molecule has 2 saturated heterocycles. The molecular weight excluding hydrogens is 371 g/mol. The van der Waals surface area contributed by atoms with Gasteiger partial charge in [0.1, 0.15) is 23.9 Å². The smallest absolute Gasteiger partial charge is 0.219 e. The van der Waals surface area contributed by atoms with E-state index in [1.807, 2.05) is 35.2 Å². The molecule has 3 atom stereocenters. The quantitative estimate of drug-likeness (QED) is 0.748. The minimum absolute atomic E-state index is 0.0570. The first kappa shape index (κ1) is 19.7. The van der Waals surface area contributed by atoms with Crippen LogP contribution in [0.2, 0.25) is 0 Å². The Kier molecular flexibility index (Phi) is 5.72. The molecule has 2 aromatic rings. The number of carbonyl (C=O) groups excluding carboxylic acids is 1. The first-order valence-electron chi connectivity index (χ1n) is 10.1. The van der Waals surface area contributed by atoms with Gasteiger partial charge in [0, 0.05) is 45.1 Å². The normalized spacial score (nSPS) is 23.8. The lowest BCUT2D eigenvalue weighted by Crippen LogP contribution is -2.35. The monoisotopic (exact) mass is 398 g/mol. The third-order valence-corrected chi connectivity index (χ3v) is 6.05. The van der Waals surface area contributed by atoms with E-state index < -0.39 is 0 Å². The van der Waals surface area contributed by atoms with Crippen LogP contribution in [0.3, 0.4) is 0 Å². The maximum absolute atomic E-state index is 13.8. The van der Waals surface area contributed by atoms with Gasteiger partial charge in [-0.15, -0.1) is 0 Å². The molecule has 0 spiro atoms. The van der Waals surface area contributed by atoms with Crippen molar-refractivity contribution in [2.75, 3.05) is 39.9 Å². The van der Waals surface area contributed by atoms with Gasteiger partial charge in [0.25, 0.3) is 0 Å². The van der Waals surface area contributed by atoms with Crippen LogP contribution in [0, 0.1) is 17.7 Å². The molecule has 0 saturated carbocycles. The lowest BCUT2D eigenvalue weighted by atomic mass is 9.89. The molecule has 2 fully saturated rings. The van der Waals surface area contributed by atoms with Crippen molar-refractivity contribution in [2.24, 2.45) is 11.8 Å². The molecule has 0 N–H and O–H groups in total. The summed E-state index contributed by atoms with van der Waals surface area (Å²) in [7, 11) is 1.64. The second kappa shape index (κ2) is 8.41. The number of hydrogen-bond donors (Lipinski definition) is 0. The van der Waals surface area contributed by atoms with Gasteiger partial charge in [-0.3, -0.25) is 9.69 Å². The summed E-state index contributed by atoms with van der Waals surface area (Å²) in [5.41, 5.74) is 0.891. The van der Waals surface area contributed by atoms with Crippen molar-refractivity contribution in [1.29, 1.82) is 0 Å². The zero-order chi connectivity index (χ0) is 20.4. The van der Waals surface area contributed by atoms with Gasteiger partial charge in [0.2, 0.25) is 5.91 Å². The SMILES string of the molecule is COc1cccc(OCCN2C[C@@H]3CN(C(C)=O)[C@@H](c4cccc(F)c4)[C@@H]3C2)c1. The van der Waals surface area contributed by atoms with E-state index in [2.05, 4.69) is 4.90 Å². The summed E-state index contributed by atoms with van der Waals surface area (Å²) in [6.07, 6.45) is 0. The predicted molar refractivity (Wildman–Crippen MR) is 108 cm³/mol. The summed E-state index contributed by atoms with van der Waals surface area (Å²) in [4.78, 5) is 16.5. The van der Waals surface area contributed by atoms with Gasteiger partial charge in [0.05, 0.1) is 13.2 Å². The van der Waals surface area contributed by atoms with Crippen molar-refractivity contribution in [3.8, 4) is 11.5 Å². The summed E-state index contributed by atoms with van der Waals surface area (Å²) in [5.74, 6) is 2.10. The minimum Gasteiger partial charge on any atom is -0.497 e. The van der Waals surface area contributed by atoms with Crippen molar-refractivity contribution in [1.82, 2.24) is 9.80 Å². The van der Waals surface area contributed by atoms with Crippen molar-refractivity contribution >= 4 is 5.91 Å². The molecule has 0 aliphatic carbocycles. The van der Waals surface area contributed by atoms with Crippen LogP contribution >= 0.6 is 0 Å². The Morgan fingerprint density at radius 2 is 1.90 bits per heavy atom. The van der Waals surface area contributed by atoms with Crippen LogP contribution in [0.5, 0.6) is 11.5 Å². The molecule has 2 heterocycles. The van der Waals surface area contributed by atoms with E-state index in [0.717, 1.165) is 43.2 Å². The van der Waals surface area contributed by atoms with Gasteiger partial charge >= 0.3 is 0 Å². The minimum atomic E-state index is -0.254. The highest BCUT2D eigenvalue weighted by Crippen LogP contribution is 2.45. The van der Waals surface area contributed by atoms with Crippen LogP contribution in [0.25, 0.3) is 0 Å². The molecule has 2 aliphatic heterocycles. The standard InChI is InChI=1S/C23H27FN2O3/c1-16(27)26-14-18-13-25(9-10-29-21-8-4-7-20(12-21)28-2)15-22(18)23(26)17-5-3-6-19(24)11-17/h3-8,11-12,18,22-23H,9-10,13-15H2,1-2H3/t18-,22-,23+/m1/s1. The zero-order valence-electron chi connectivity index (χ0n) is 16.9. The largest absolute Gasteiger partial charge is 0.497 e. The molecule has 0 bridgehead atoms. The number of benzene rings is 2. The second-order valence-corrected chi connectivity index (χ2v) is 7.88. The van der Waals surface area contributed by atoms with Crippen LogP contribution < -0.4 is 9.47 Å². The van der Waals surface area contributed by atoms with E-state index in [1.54, 1.807) is 26.2 Å². The van der Waals surface area contributed by atoms with E-state index in [0.29, 0.717) is 18.4 Å². The van der Waals surface area contributed by atoms with Gasteiger partial charge in [-0.1, -0.05) is 18.2 Å². The Morgan fingerprint density at radius 3 is 2.66 bits per heavy atom. The Morgan fingerprint density at radius 1 is 1.10 bits per heavy atom. The Balaban J connectivity index is 1.39. The van der Waals surface area contributed by atoms with E-state index in [-0.39, 0.29) is 17.8 Å². The highest BCUT2D eigenvalue weighted by atomic mass is 19.1. The Hall–Kier alpha value is -2.60. The molecule has 1 amide bonds. The van der Waals surface area contributed by atoms with Crippen LogP contribution in [-0.2, 0) is 4.79 Å². The van der Waals surface area contributed by atoms with Crippen molar-refractivity contribution < 1.29 is 18.7 Å². The fraction of sp³-hybridized carbons (Fsp3) is 0.435. The summed E-state index contributed by atoms with van der Waals surface area (Å²) >= 11 is 0. The average Bonchev–Trinajstić information content (AvgIpc) is 3.25. The number of rotatable bonds is 6. The fourth-order valence-electron chi connectivity index (χ4n) is 4.75. The fourth-order valence-corrected chi connectivity index (χ4v) is 4.75. The lowest BCUT2D eigenvalue weighted by molar-refractivity contribution is -0.130. The summed E-state index contributed by atoms with van der Waals surface area (Å²) in [5, 5.41) is 0. The number of carbonyl (C=O) groups is 1. The molecule has 0 radical (unpaired) electrons. The Bertz CT molecular complexity index is 875. The summed E-state index contributed by atoms with van der Waals surface area (Å²) in [6.45, 7) is 5.56. The highest BCUT2D eigenvalue weighted by molar-refractivity contribution is 5.74. The number of methoxy groups -OCH3 is 1. The molecule has 5 nitrogen and oxygen atoms in total. The highest BCUT2D eigenvalue weighted by Gasteiger charge is 2.48. The van der Waals surface area contributed by atoms with Crippen LogP contribution in [0.4, 0.5) is 4.39 Å². The van der Waals surface area contributed by atoms with Gasteiger partial charge < -0.3 is 14.4 Å². The first-order valence-corrected chi connectivity index (χ1v) is 10.1. The maximum Gasteiger partial charge on any atom is 0.219 e. The molecule has 0 aromatic heterocycles. The number of ether oxygens (including phenoxy) is 2. The summed E-state index contributed by atoms with van der Waals surface area (Å²) < 4.78 is 24.9. The molecule has 6 heteroatoms. The van der Waals surface area contributed by atoms with Crippen LogP contribution in [0.1, 0.15) is 18.5 Å². The zero-order valence-corrected chi connectivity index (χ0v) is 16.9. The van der Waals surface area contributed by atoms with E-state index in [9.17, 15) is 9.18 Å². The van der Waals surface area contributed by atoms with Gasteiger partial charge in [0.15, 0.2) is 0 Å². The number of likely N-dealkylation sites (tertiary alicyclic amines) is 2. The molecule has 2 aromatic carbocycles. The second-order valence-electron chi connectivity index (χ2n) is 7.88. The van der Waals surface area contributed by atoms with Crippen molar-refractivity contribution in [3.05, 3.63) is 59.9 Å². The van der Waals surface area contributed by atoms with Gasteiger partial charge in [-0.25, -0.2) is 4.39 Å². The molecule has 0 unspecified atom stereocenters. The van der Waals surface area contributed by atoms with Gasteiger partial charge in [-0.2, -0.15) is 0 Å². The molecule has 29 heavy (non-hydrogen) atoms. The number of fused-ring (bicyclic) bond motifs is 1. The van der Waals surface area contributed by atoms with Crippen LogP contribution in [-0.4, -0.2) is 55.6 Å². The van der Waals surface area contributed by atoms with E-state index in [4.69, 9.17) is 9.47 Å². The van der Waals surface area contributed by atoms with Crippen molar-refractivity contribution in [3.63, 3.8) is 0 Å². The molecule has 154 valence electrons. The average molecular weight is 398 g/mol. The Labute approximate surface area is 171 Å². The molecular formula is C23H27FN2O3. The third-order valence-electron chi connectivity index (χ3n) is 6.05. The maximum atomic E-state index is 13.8. The number of nitrogens with zero attached hydrogens (tertiary/aromatic N) is 2. The molecule has 2 aliphatic rings. The van der Waals surface area contributed by atoms with E-state index >= 15 is 0 Å². The number of halogens is 1. The topological polar surface area (TPSA) is 42.0 Å².